The van der Waals surface area contributed by atoms with Crippen molar-refractivity contribution in [2.24, 2.45) is 0 Å². The van der Waals surface area contributed by atoms with E-state index < -0.39 is 5.97 Å². The third kappa shape index (κ3) is 2.51. The van der Waals surface area contributed by atoms with Gasteiger partial charge >= 0.3 is 5.97 Å². The molecule has 0 amide bonds. The molecule has 0 unspecified atom stereocenters. The maximum atomic E-state index is 10.7. The van der Waals surface area contributed by atoms with Crippen LogP contribution in [0, 0.1) is 11.3 Å². The number of aliphatic carboxylic acids is 1. The van der Waals surface area contributed by atoms with E-state index in [0.717, 1.165) is 10.5 Å². The molecule has 0 fully saturated rings. The zero-order valence-corrected chi connectivity index (χ0v) is 9.21. The number of thiol groups is 1. The van der Waals surface area contributed by atoms with E-state index in [1.165, 1.54) is 0 Å². The lowest BCUT2D eigenvalue weighted by Gasteiger charge is -2.10. The van der Waals surface area contributed by atoms with Crippen LogP contribution in [0.25, 0.3) is 0 Å². The van der Waals surface area contributed by atoms with Gasteiger partial charge in [-0.3, -0.25) is 4.79 Å². The first-order valence-corrected chi connectivity index (χ1v) is 5.00. The number of carbonyl (C=O) groups is 1. The highest BCUT2D eigenvalue weighted by Crippen LogP contribution is 2.23. The summed E-state index contributed by atoms with van der Waals surface area (Å²) >= 11 is 4.25. The fourth-order valence-electron chi connectivity index (χ4n) is 1.53. The fraction of sp³-hybridized carbons (Fsp3) is 0.273. The summed E-state index contributed by atoms with van der Waals surface area (Å²) in [6.45, 7) is 1.92. The lowest BCUT2D eigenvalue weighted by Crippen LogP contribution is -2.06. The molecular formula is C11H11NO2S. The van der Waals surface area contributed by atoms with Crippen LogP contribution in [0.3, 0.4) is 0 Å². The molecule has 0 saturated carbocycles. The van der Waals surface area contributed by atoms with E-state index in [1.54, 1.807) is 12.1 Å². The van der Waals surface area contributed by atoms with Gasteiger partial charge in [0.1, 0.15) is 0 Å². The Bertz CT molecular complexity index is 435. The Kier molecular flexibility index (Phi) is 3.75. The van der Waals surface area contributed by atoms with Crippen LogP contribution in [0.4, 0.5) is 0 Å². The number of hydrogen-bond acceptors (Lipinski definition) is 3. The van der Waals surface area contributed by atoms with Crippen LogP contribution < -0.4 is 0 Å². The van der Waals surface area contributed by atoms with Crippen LogP contribution in [0.15, 0.2) is 17.0 Å². The maximum absolute atomic E-state index is 10.7. The van der Waals surface area contributed by atoms with Crippen molar-refractivity contribution >= 4 is 18.6 Å². The number of carboxylic acid groups (broad SMARTS) is 1. The van der Waals surface area contributed by atoms with E-state index in [1.807, 2.05) is 13.0 Å². The van der Waals surface area contributed by atoms with Gasteiger partial charge in [-0.05, 0) is 29.7 Å². The van der Waals surface area contributed by atoms with Gasteiger partial charge in [-0.1, -0.05) is 6.92 Å². The summed E-state index contributed by atoms with van der Waals surface area (Å²) in [5, 5.41) is 17.6. The molecule has 0 heterocycles. The molecule has 0 spiro atoms. The van der Waals surface area contributed by atoms with Gasteiger partial charge in [0.05, 0.1) is 18.1 Å². The Labute approximate surface area is 93.8 Å². The lowest BCUT2D eigenvalue weighted by molar-refractivity contribution is -0.136. The monoisotopic (exact) mass is 221 g/mol. The van der Waals surface area contributed by atoms with Crippen LogP contribution in [0.5, 0.6) is 0 Å². The molecule has 0 aliphatic heterocycles. The van der Waals surface area contributed by atoms with E-state index in [9.17, 15) is 4.79 Å². The second kappa shape index (κ2) is 4.85. The average molecular weight is 221 g/mol. The first-order valence-electron chi connectivity index (χ1n) is 4.55. The normalized spacial score (nSPS) is 9.67. The van der Waals surface area contributed by atoms with E-state index in [2.05, 4.69) is 12.6 Å². The van der Waals surface area contributed by atoms with Crippen molar-refractivity contribution in [1.29, 1.82) is 5.26 Å². The molecule has 1 rings (SSSR count). The maximum Gasteiger partial charge on any atom is 0.307 e. The zero-order chi connectivity index (χ0) is 11.4. The van der Waals surface area contributed by atoms with Crippen LogP contribution >= 0.6 is 12.6 Å². The number of benzene rings is 1. The Hall–Kier alpha value is -1.47. The minimum absolute atomic E-state index is 0.125. The fourth-order valence-corrected chi connectivity index (χ4v) is 1.90. The predicted octanol–water partition coefficient (Wildman–Crippen LogP) is 2.04. The quantitative estimate of drug-likeness (QED) is 0.768. The molecule has 0 radical (unpaired) electrons. The first kappa shape index (κ1) is 11.6. The first-order chi connectivity index (χ1) is 7.10. The summed E-state index contributed by atoms with van der Waals surface area (Å²) in [6, 6.07) is 5.34. The molecule has 1 aromatic rings. The summed E-state index contributed by atoms with van der Waals surface area (Å²) in [5.74, 6) is -0.930. The lowest BCUT2D eigenvalue weighted by atomic mass is 9.97. The highest BCUT2D eigenvalue weighted by molar-refractivity contribution is 7.80. The third-order valence-corrected chi connectivity index (χ3v) is 2.63. The largest absolute Gasteiger partial charge is 0.481 e. The van der Waals surface area contributed by atoms with Crippen LogP contribution in [0.2, 0.25) is 0 Å². The van der Waals surface area contributed by atoms with Crippen LogP contribution in [-0.2, 0) is 17.6 Å². The summed E-state index contributed by atoms with van der Waals surface area (Å²) < 4.78 is 0. The molecule has 1 aromatic carbocycles. The predicted molar refractivity (Wildman–Crippen MR) is 59.1 cm³/mol. The van der Waals surface area contributed by atoms with Crippen molar-refractivity contribution in [3.05, 3.63) is 28.8 Å². The van der Waals surface area contributed by atoms with Gasteiger partial charge in [0, 0.05) is 4.90 Å². The Morgan fingerprint density at radius 1 is 1.53 bits per heavy atom. The minimum atomic E-state index is -0.930. The van der Waals surface area contributed by atoms with Gasteiger partial charge in [-0.25, -0.2) is 0 Å². The van der Waals surface area contributed by atoms with Crippen LogP contribution in [-0.4, -0.2) is 11.1 Å². The molecule has 0 atom stereocenters. The van der Waals surface area contributed by atoms with Crippen molar-refractivity contribution in [2.45, 2.75) is 24.7 Å². The van der Waals surface area contributed by atoms with Gasteiger partial charge in [-0.2, -0.15) is 5.26 Å². The van der Waals surface area contributed by atoms with Gasteiger partial charge in [-0.15, -0.1) is 12.6 Å². The van der Waals surface area contributed by atoms with Crippen molar-refractivity contribution in [1.82, 2.24) is 0 Å². The Morgan fingerprint density at radius 2 is 2.20 bits per heavy atom. The van der Waals surface area contributed by atoms with Crippen molar-refractivity contribution in [3.8, 4) is 6.07 Å². The zero-order valence-electron chi connectivity index (χ0n) is 8.32. The molecule has 3 nitrogen and oxygen atoms in total. The summed E-state index contributed by atoms with van der Waals surface area (Å²) in [4.78, 5) is 11.4. The van der Waals surface area contributed by atoms with Crippen molar-refractivity contribution in [2.75, 3.05) is 0 Å². The standard InChI is InChI=1S/C11H11NO2S/c1-2-8-9(5-11(13)14)7(6-12)3-4-10(8)15/h3-4,15H,2,5H2,1H3,(H,13,14). The molecule has 0 aliphatic rings. The molecule has 78 valence electrons. The number of nitrogens with zero attached hydrogens (tertiary/aromatic N) is 1. The Balaban J connectivity index is 3.35. The summed E-state index contributed by atoms with van der Waals surface area (Å²) in [5.41, 5.74) is 1.85. The smallest absolute Gasteiger partial charge is 0.307 e. The minimum Gasteiger partial charge on any atom is -0.481 e. The van der Waals surface area contributed by atoms with E-state index in [4.69, 9.17) is 10.4 Å². The molecule has 0 bridgehead atoms. The second-order valence-electron chi connectivity index (χ2n) is 3.13. The van der Waals surface area contributed by atoms with Crippen molar-refractivity contribution in [3.63, 3.8) is 0 Å². The highest BCUT2D eigenvalue weighted by atomic mass is 32.1. The number of nitriles is 1. The molecule has 1 N–H and O–H groups in total. The van der Waals surface area contributed by atoms with E-state index >= 15 is 0 Å². The number of hydrogen-bond donors (Lipinski definition) is 2. The van der Waals surface area contributed by atoms with Gasteiger partial charge in [0.2, 0.25) is 0 Å². The third-order valence-electron chi connectivity index (χ3n) is 2.21. The van der Waals surface area contributed by atoms with E-state index in [-0.39, 0.29) is 6.42 Å². The SMILES string of the molecule is CCc1c(S)ccc(C#N)c1CC(=O)O. The van der Waals surface area contributed by atoms with E-state index in [0.29, 0.717) is 17.5 Å². The number of carboxylic acids is 1. The van der Waals surface area contributed by atoms with Crippen molar-refractivity contribution < 1.29 is 9.90 Å². The molecule has 4 heteroatoms. The molecule has 0 saturated heterocycles. The van der Waals surface area contributed by atoms with Crippen LogP contribution in [0.1, 0.15) is 23.6 Å². The average Bonchev–Trinajstić information content (AvgIpc) is 2.18. The van der Waals surface area contributed by atoms with Gasteiger partial charge < -0.3 is 5.11 Å². The molecular weight excluding hydrogens is 210 g/mol. The highest BCUT2D eigenvalue weighted by Gasteiger charge is 2.13. The topological polar surface area (TPSA) is 61.1 Å². The Morgan fingerprint density at radius 3 is 2.67 bits per heavy atom. The summed E-state index contributed by atoms with van der Waals surface area (Å²) in [6.07, 6.45) is 0.553. The molecule has 0 aliphatic carbocycles. The number of rotatable bonds is 3. The summed E-state index contributed by atoms with van der Waals surface area (Å²) in [7, 11) is 0. The van der Waals surface area contributed by atoms with Gasteiger partial charge in [0.25, 0.3) is 0 Å². The van der Waals surface area contributed by atoms with Gasteiger partial charge in [0.15, 0.2) is 0 Å². The molecule has 15 heavy (non-hydrogen) atoms. The molecule has 0 aromatic heterocycles. The second-order valence-corrected chi connectivity index (χ2v) is 3.61.